The predicted molar refractivity (Wildman–Crippen MR) is 61.4 cm³/mol. The van der Waals surface area contributed by atoms with Gasteiger partial charge in [0, 0.05) is 39.0 Å². The van der Waals surface area contributed by atoms with E-state index in [1.54, 1.807) is 7.05 Å². The lowest BCUT2D eigenvalue weighted by atomic mass is 10.1. The van der Waals surface area contributed by atoms with Crippen molar-refractivity contribution in [2.75, 3.05) is 26.8 Å². The number of hydrogen-bond acceptors (Lipinski definition) is 4. The monoisotopic (exact) mass is 239 g/mol. The van der Waals surface area contributed by atoms with Crippen LogP contribution in [-0.4, -0.2) is 49.3 Å². The Balaban J connectivity index is 1.83. The van der Waals surface area contributed by atoms with E-state index in [1.165, 1.54) is 5.01 Å². The molecule has 0 bridgehead atoms. The van der Waals surface area contributed by atoms with E-state index in [-0.39, 0.29) is 11.8 Å². The number of carbonyl (C=O) groups excluding carboxylic acids is 2. The molecule has 17 heavy (non-hydrogen) atoms. The number of rotatable bonds is 3. The molecule has 0 aliphatic carbocycles. The van der Waals surface area contributed by atoms with E-state index in [4.69, 9.17) is 4.74 Å². The second-order valence-corrected chi connectivity index (χ2v) is 4.40. The number of nitrogens with one attached hydrogen (secondary N) is 1. The van der Waals surface area contributed by atoms with Crippen LogP contribution in [0.15, 0.2) is 5.10 Å². The minimum Gasteiger partial charge on any atom is -0.381 e. The van der Waals surface area contributed by atoms with Crippen molar-refractivity contribution in [3.63, 3.8) is 0 Å². The van der Waals surface area contributed by atoms with Crippen molar-refractivity contribution in [2.45, 2.75) is 19.3 Å². The molecule has 2 rings (SSSR count). The molecule has 0 aromatic carbocycles. The van der Waals surface area contributed by atoms with Gasteiger partial charge in [0.05, 0.1) is 6.61 Å². The summed E-state index contributed by atoms with van der Waals surface area (Å²) in [5.41, 5.74) is 0.436. The van der Waals surface area contributed by atoms with Crippen LogP contribution in [0, 0.1) is 5.92 Å². The van der Waals surface area contributed by atoms with Gasteiger partial charge < -0.3 is 10.1 Å². The van der Waals surface area contributed by atoms with E-state index in [9.17, 15) is 9.59 Å². The second-order valence-electron chi connectivity index (χ2n) is 4.40. The molecule has 1 unspecified atom stereocenters. The quantitative estimate of drug-likeness (QED) is 0.738. The molecule has 6 heteroatoms. The average molecular weight is 239 g/mol. The molecule has 2 amide bonds. The molecule has 2 heterocycles. The van der Waals surface area contributed by atoms with Gasteiger partial charge in [0.2, 0.25) is 5.91 Å². The lowest BCUT2D eigenvalue weighted by Crippen LogP contribution is -2.39. The molecule has 94 valence electrons. The highest BCUT2D eigenvalue weighted by atomic mass is 16.5. The third kappa shape index (κ3) is 3.03. The highest BCUT2D eigenvalue weighted by Crippen LogP contribution is 2.11. The van der Waals surface area contributed by atoms with Crippen LogP contribution >= 0.6 is 0 Å². The van der Waals surface area contributed by atoms with Gasteiger partial charge in [-0.15, -0.1) is 0 Å². The lowest BCUT2D eigenvalue weighted by molar-refractivity contribution is -0.130. The Morgan fingerprint density at radius 2 is 2.41 bits per heavy atom. The SMILES string of the molecule is CN1N=C(C(=O)NCC2CCOC2)CCC1=O. The predicted octanol–water partition coefficient (Wildman–Crippen LogP) is -0.253. The van der Waals surface area contributed by atoms with Crippen LogP contribution in [0.5, 0.6) is 0 Å². The summed E-state index contributed by atoms with van der Waals surface area (Å²) in [4.78, 5) is 23.0. The average Bonchev–Trinajstić information content (AvgIpc) is 2.82. The van der Waals surface area contributed by atoms with Crippen LogP contribution in [0.25, 0.3) is 0 Å². The summed E-state index contributed by atoms with van der Waals surface area (Å²) in [7, 11) is 1.57. The molecule has 1 fully saturated rings. The van der Waals surface area contributed by atoms with Gasteiger partial charge in [0.1, 0.15) is 5.71 Å². The summed E-state index contributed by atoms with van der Waals surface area (Å²) < 4.78 is 5.23. The lowest BCUT2D eigenvalue weighted by Gasteiger charge is -2.19. The third-order valence-corrected chi connectivity index (χ3v) is 3.04. The van der Waals surface area contributed by atoms with Gasteiger partial charge in [-0.1, -0.05) is 0 Å². The fourth-order valence-electron chi connectivity index (χ4n) is 1.92. The number of ether oxygens (including phenoxy) is 1. The van der Waals surface area contributed by atoms with Crippen molar-refractivity contribution in [3.05, 3.63) is 0 Å². The Bertz CT molecular complexity index is 348. The van der Waals surface area contributed by atoms with Crippen molar-refractivity contribution in [1.82, 2.24) is 10.3 Å². The molecule has 2 aliphatic rings. The van der Waals surface area contributed by atoms with Gasteiger partial charge in [-0.3, -0.25) is 9.59 Å². The molecule has 0 aromatic rings. The van der Waals surface area contributed by atoms with Gasteiger partial charge in [-0.05, 0) is 6.42 Å². The zero-order valence-corrected chi connectivity index (χ0v) is 9.94. The maximum absolute atomic E-state index is 11.8. The Labute approximate surface area is 100.0 Å². The maximum atomic E-state index is 11.8. The first-order valence-corrected chi connectivity index (χ1v) is 5.87. The molecular formula is C11H17N3O3. The molecule has 1 atom stereocenters. The first-order chi connectivity index (χ1) is 8.16. The largest absolute Gasteiger partial charge is 0.381 e. The zero-order chi connectivity index (χ0) is 12.3. The van der Waals surface area contributed by atoms with Crippen molar-refractivity contribution < 1.29 is 14.3 Å². The first-order valence-electron chi connectivity index (χ1n) is 5.87. The number of amides is 2. The zero-order valence-electron chi connectivity index (χ0n) is 9.94. The van der Waals surface area contributed by atoms with E-state index in [0.29, 0.717) is 37.6 Å². The molecule has 1 saturated heterocycles. The Morgan fingerprint density at radius 1 is 1.59 bits per heavy atom. The number of nitrogens with zero attached hydrogens (tertiary/aromatic N) is 2. The fourth-order valence-corrected chi connectivity index (χ4v) is 1.92. The summed E-state index contributed by atoms with van der Waals surface area (Å²) in [6.45, 7) is 2.11. The highest BCUT2D eigenvalue weighted by molar-refractivity contribution is 6.39. The van der Waals surface area contributed by atoms with Crippen LogP contribution in [0.1, 0.15) is 19.3 Å². The van der Waals surface area contributed by atoms with Crippen molar-refractivity contribution in [3.8, 4) is 0 Å². The normalized spacial score (nSPS) is 24.8. The summed E-state index contributed by atoms with van der Waals surface area (Å²) >= 11 is 0. The van der Waals surface area contributed by atoms with Crippen LogP contribution in [0.4, 0.5) is 0 Å². The molecule has 0 saturated carbocycles. The Morgan fingerprint density at radius 3 is 3.06 bits per heavy atom. The van der Waals surface area contributed by atoms with Gasteiger partial charge >= 0.3 is 0 Å². The number of hydrogen-bond donors (Lipinski definition) is 1. The molecule has 0 radical (unpaired) electrons. The Kier molecular flexibility index (Phi) is 3.73. The van der Waals surface area contributed by atoms with E-state index in [0.717, 1.165) is 13.0 Å². The standard InChI is InChI=1S/C11H17N3O3/c1-14-10(15)3-2-9(13-14)11(16)12-6-8-4-5-17-7-8/h8H,2-7H2,1H3,(H,12,16). The van der Waals surface area contributed by atoms with Crippen LogP contribution in [0.3, 0.4) is 0 Å². The van der Waals surface area contributed by atoms with Crippen LogP contribution in [-0.2, 0) is 14.3 Å². The van der Waals surface area contributed by atoms with Crippen molar-refractivity contribution >= 4 is 17.5 Å². The molecular weight excluding hydrogens is 222 g/mol. The van der Waals surface area contributed by atoms with E-state index >= 15 is 0 Å². The van der Waals surface area contributed by atoms with E-state index in [1.807, 2.05) is 0 Å². The van der Waals surface area contributed by atoms with Gasteiger partial charge in [0.25, 0.3) is 5.91 Å². The minimum absolute atomic E-state index is 0.0502. The molecule has 6 nitrogen and oxygen atoms in total. The summed E-state index contributed by atoms with van der Waals surface area (Å²) in [6, 6.07) is 0. The summed E-state index contributed by atoms with van der Waals surface area (Å²) in [5, 5.41) is 8.04. The number of carbonyl (C=O) groups is 2. The molecule has 0 aromatic heterocycles. The Hall–Kier alpha value is -1.43. The van der Waals surface area contributed by atoms with E-state index < -0.39 is 0 Å². The van der Waals surface area contributed by atoms with E-state index in [2.05, 4.69) is 10.4 Å². The summed E-state index contributed by atoms with van der Waals surface area (Å²) in [5.74, 6) is 0.185. The number of hydrazone groups is 1. The van der Waals surface area contributed by atoms with Gasteiger partial charge in [0.15, 0.2) is 0 Å². The molecule has 0 spiro atoms. The van der Waals surface area contributed by atoms with Gasteiger partial charge in [-0.25, -0.2) is 5.01 Å². The van der Waals surface area contributed by atoms with Crippen LogP contribution in [0.2, 0.25) is 0 Å². The molecule has 2 aliphatic heterocycles. The summed E-state index contributed by atoms with van der Waals surface area (Å²) in [6.07, 6.45) is 1.77. The minimum atomic E-state index is -0.170. The molecule has 1 N–H and O–H groups in total. The smallest absolute Gasteiger partial charge is 0.267 e. The third-order valence-electron chi connectivity index (χ3n) is 3.04. The van der Waals surface area contributed by atoms with Gasteiger partial charge in [-0.2, -0.15) is 5.10 Å². The highest BCUT2D eigenvalue weighted by Gasteiger charge is 2.23. The van der Waals surface area contributed by atoms with Crippen molar-refractivity contribution in [1.29, 1.82) is 0 Å². The fraction of sp³-hybridized carbons (Fsp3) is 0.727. The maximum Gasteiger partial charge on any atom is 0.267 e. The second kappa shape index (κ2) is 5.27. The van der Waals surface area contributed by atoms with Crippen molar-refractivity contribution in [2.24, 2.45) is 11.0 Å². The van der Waals surface area contributed by atoms with Crippen LogP contribution < -0.4 is 5.32 Å². The first kappa shape index (κ1) is 12.0. The topological polar surface area (TPSA) is 71.0 Å².